The van der Waals surface area contributed by atoms with Gasteiger partial charge in [0, 0.05) is 6.20 Å². The number of hydrogen-bond acceptors (Lipinski definition) is 4. The number of aliphatic carboxylic acids is 1. The van der Waals surface area contributed by atoms with Gasteiger partial charge in [-0.15, -0.1) is 0 Å². The Bertz CT molecular complexity index is 476. The molecule has 0 spiro atoms. The average Bonchev–Trinajstić information content (AvgIpc) is 2.18. The van der Waals surface area contributed by atoms with Gasteiger partial charge in [-0.25, -0.2) is 8.78 Å². The fourth-order valence-electron chi connectivity index (χ4n) is 1.43. The van der Waals surface area contributed by atoms with E-state index in [1.165, 1.54) is 6.92 Å². The molecule has 92 valence electrons. The molecule has 0 aromatic carbocycles. The predicted molar refractivity (Wildman–Crippen MR) is 51.9 cm³/mol. The number of alkyl halides is 2. The third-order valence-electron chi connectivity index (χ3n) is 2.10. The van der Waals surface area contributed by atoms with Crippen LogP contribution in [0.2, 0.25) is 0 Å². The molecule has 0 radical (unpaired) electrons. The van der Waals surface area contributed by atoms with Gasteiger partial charge in [0.15, 0.2) is 0 Å². The van der Waals surface area contributed by atoms with Crippen molar-refractivity contribution in [3.63, 3.8) is 0 Å². The molecular formula is C9H8F2N2O4. The smallest absolute Gasteiger partial charge is 0.307 e. The van der Waals surface area contributed by atoms with Crippen LogP contribution in [0.3, 0.4) is 0 Å². The van der Waals surface area contributed by atoms with Crippen LogP contribution in [-0.2, 0) is 11.2 Å². The molecule has 0 unspecified atom stereocenters. The van der Waals surface area contributed by atoms with Gasteiger partial charge < -0.3 is 5.11 Å². The molecule has 0 amide bonds. The number of carboxylic acids is 1. The van der Waals surface area contributed by atoms with Crippen molar-refractivity contribution in [3.05, 3.63) is 33.1 Å². The van der Waals surface area contributed by atoms with Crippen LogP contribution in [0.1, 0.15) is 23.2 Å². The number of aryl methyl sites for hydroxylation is 1. The van der Waals surface area contributed by atoms with Crippen molar-refractivity contribution < 1.29 is 23.6 Å². The molecule has 1 aromatic heterocycles. The normalized spacial score (nSPS) is 10.6. The summed E-state index contributed by atoms with van der Waals surface area (Å²) in [6, 6.07) is 0. The van der Waals surface area contributed by atoms with Crippen LogP contribution in [0.25, 0.3) is 0 Å². The lowest BCUT2D eigenvalue weighted by atomic mass is 10.0. The van der Waals surface area contributed by atoms with E-state index in [4.69, 9.17) is 5.11 Å². The summed E-state index contributed by atoms with van der Waals surface area (Å²) >= 11 is 0. The number of pyridine rings is 1. The number of nitro groups is 1. The number of halogens is 2. The van der Waals surface area contributed by atoms with Gasteiger partial charge in [0.2, 0.25) is 0 Å². The Balaban J connectivity index is 3.47. The largest absolute Gasteiger partial charge is 0.481 e. The van der Waals surface area contributed by atoms with E-state index < -0.39 is 35.0 Å². The first-order valence-electron chi connectivity index (χ1n) is 4.47. The molecule has 0 saturated heterocycles. The summed E-state index contributed by atoms with van der Waals surface area (Å²) in [5.74, 6) is -1.35. The topological polar surface area (TPSA) is 93.3 Å². The fraction of sp³-hybridized carbons (Fsp3) is 0.333. The van der Waals surface area contributed by atoms with Crippen LogP contribution in [0, 0.1) is 17.0 Å². The van der Waals surface area contributed by atoms with Crippen LogP contribution in [0.15, 0.2) is 6.20 Å². The number of aromatic nitrogens is 1. The van der Waals surface area contributed by atoms with E-state index in [0.29, 0.717) is 0 Å². The molecule has 0 bridgehead atoms. The second-order valence-corrected chi connectivity index (χ2v) is 3.26. The molecule has 0 atom stereocenters. The van der Waals surface area contributed by atoms with Gasteiger partial charge in [-0.1, -0.05) is 0 Å². The number of nitrogens with zero attached hydrogens (tertiary/aromatic N) is 2. The van der Waals surface area contributed by atoms with Gasteiger partial charge in [0.05, 0.1) is 11.3 Å². The average molecular weight is 246 g/mol. The first-order chi connectivity index (χ1) is 7.84. The molecule has 1 N–H and O–H groups in total. The summed E-state index contributed by atoms with van der Waals surface area (Å²) in [6.07, 6.45) is -2.92. The van der Waals surface area contributed by atoms with Gasteiger partial charge >= 0.3 is 5.97 Å². The molecule has 0 saturated carbocycles. The van der Waals surface area contributed by atoms with Crippen molar-refractivity contribution in [2.24, 2.45) is 0 Å². The molecule has 1 rings (SSSR count). The number of hydrogen-bond donors (Lipinski definition) is 1. The maximum Gasteiger partial charge on any atom is 0.307 e. The van der Waals surface area contributed by atoms with Crippen molar-refractivity contribution in [1.82, 2.24) is 4.98 Å². The highest BCUT2D eigenvalue weighted by atomic mass is 19.3. The van der Waals surface area contributed by atoms with E-state index in [-0.39, 0.29) is 11.3 Å². The van der Waals surface area contributed by atoms with E-state index in [9.17, 15) is 23.7 Å². The summed E-state index contributed by atoms with van der Waals surface area (Å²) < 4.78 is 25.5. The van der Waals surface area contributed by atoms with Crippen molar-refractivity contribution in [2.75, 3.05) is 0 Å². The SMILES string of the molecule is Cc1ncc(CC(=O)O)c(C(F)F)c1[N+](=O)[O-]. The summed E-state index contributed by atoms with van der Waals surface area (Å²) in [6.45, 7) is 1.22. The van der Waals surface area contributed by atoms with Crippen LogP contribution in [0.4, 0.5) is 14.5 Å². The van der Waals surface area contributed by atoms with Crippen LogP contribution < -0.4 is 0 Å². The molecule has 1 heterocycles. The van der Waals surface area contributed by atoms with E-state index in [1.54, 1.807) is 0 Å². The molecule has 0 aliphatic carbocycles. The maximum absolute atomic E-state index is 12.8. The Kier molecular flexibility index (Phi) is 3.66. The summed E-state index contributed by atoms with van der Waals surface area (Å²) in [7, 11) is 0. The molecule has 6 nitrogen and oxygen atoms in total. The summed E-state index contributed by atoms with van der Waals surface area (Å²) in [5.41, 5.74) is -2.20. The van der Waals surface area contributed by atoms with Crippen LogP contribution in [0.5, 0.6) is 0 Å². The maximum atomic E-state index is 12.8. The van der Waals surface area contributed by atoms with Gasteiger partial charge in [-0.2, -0.15) is 0 Å². The summed E-state index contributed by atoms with van der Waals surface area (Å²) in [4.78, 5) is 23.7. The minimum Gasteiger partial charge on any atom is -0.481 e. The first kappa shape index (κ1) is 12.9. The lowest BCUT2D eigenvalue weighted by Gasteiger charge is -2.08. The highest BCUT2D eigenvalue weighted by Crippen LogP contribution is 2.33. The quantitative estimate of drug-likeness (QED) is 0.646. The van der Waals surface area contributed by atoms with Gasteiger partial charge in [-0.3, -0.25) is 19.9 Å². The van der Waals surface area contributed by atoms with Crippen molar-refractivity contribution in [1.29, 1.82) is 0 Å². The monoisotopic (exact) mass is 246 g/mol. The fourth-order valence-corrected chi connectivity index (χ4v) is 1.43. The zero-order valence-electron chi connectivity index (χ0n) is 8.68. The van der Waals surface area contributed by atoms with Gasteiger partial charge in [-0.05, 0) is 12.5 Å². The van der Waals surface area contributed by atoms with Crippen molar-refractivity contribution in [3.8, 4) is 0 Å². The van der Waals surface area contributed by atoms with E-state index >= 15 is 0 Å². The number of carboxylic acid groups (broad SMARTS) is 1. The highest BCUT2D eigenvalue weighted by Gasteiger charge is 2.29. The van der Waals surface area contributed by atoms with E-state index in [2.05, 4.69) is 4.98 Å². The lowest BCUT2D eigenvalue weighted by Crippen LogP contribution is -2.09. The third-order valence-corrected chi connectivity index (χ3v) is 2.10. The van der Waals surface area contributed by atoms with Gasteiger partial charge in [0.25, 0.3) is 12.1 Å². The molecule has 0 fully saturated rings. The van der Waals surface area contributed by atoms with Gasteiger partial charge in [0.1, 0.15) is 11.3 Å². The Morgan fingerprint density at radius 3 is 2.65 bits per heavy atom. The second kappa shape index (κ2) is 4.81. The Morgan fingerprint density at radius 2 is 2.24 bits per heavy atom. The van der Waals surface area contributed by atoms with Crippen LogP contribution in [-0.4, -0.2) is 21.0 Å². The number of carbonyl (C=O) groups is 1. The Hall–Kier alpha value is -2.12. The molecule has 0 aliphatic heterocycles. The molecule has 1 aromatic rings. The molecule has 0 aliphatic rings. The predicted octanol–water partition coefficient (Wildman–Crippen LogP) is 1.86. The highest BCUT2D eigenvalue weighted by molar-refractivity contribution is 5.71. The van der Waals surface area contributed by atoms with Crippen molar-refractivity contribution in [2.45, 2.75) is 19.8 Å². The molecular weight excluding hydrogens is 238 g/mol. The van der Waals surface area contributed by atoms with E-state index in [1.807, 2.05) is 0 Å². The molecule has 8 heteroatoms. The minimum atomic E-state index is -3.12. The number of rotatable bonds is 4. The third kappa shape index (κ3) is 2.71. The minimum absolute atomic E-state index is 0.167. The Labute approximate surface area is 94.1 Å². The summed E-state index contributed by atoms with van der Waals surface area (Å²) in [5, 5.41) is 19.2. The Morgan fingerprint density at radius 1 is 1.65 bits per heavy atom. The van der Waals surface area contributed by atoms with E-state index in [0.717, 1.165) is 6.20 Å². The molecule has 17 heavy (non-hydrogen) atoms. The second-order valence-electron chi connectivity index (χ2n) is 3.26. The van der Waals surface area contributed by atoms with Crippen LogP contribution >= 0.6 is 0 Å². The zero-order valence-corrected chi connectivity index (χ0v) is 8.68. The zero-order chi connectivity index (χ0) is 13.2. The lowest BCUT2D eigenvalue weighted by molar-refractivity contribution is -0.387. The standard InChI is InChI=1S/C9H8F2N2O4/c1-4-8(13(16)17)7(9(10)11)5(3-12-4)2-6(14)15/h3,9H,2H2,1H3,(H,14,15). The first-order valence-corrected chi connectivity index (χ1v) is 4.47. The van der Waals surface area contributed by atoms with Crippen molar-refractivity contribution >= 4 is 11.7 Å².